The molecule has 0 fully saturated rings. The highest BCUT2D eigenvalue weighted by Gasteiger charge is 2.05. The SMILES string of the molecule is CCCC(Cl)c1ccc[nH]1. The standard InChI is InChI=1S/C8H12ClN/c1-2-4-7(9)8-5-3-6-10-8/h3,5-7,10H,2,4H2,1H3. The summed E-state index contributed by atoms with van der Waals surface area (Å²) in [7, 11) is 0. The third kappa shape index (κ3) is 1.77. The molecule has 10 heavy (non-hydrogen) atoms. The second-order valence-corrected chi connectivity index (χ2v) is 2.91. The van der Waals surface area contributed by atoms with Crippen LogP contribution < -0.4 is 0 Å². The minimum atomic E-state index is 0.167. The smallest absolute Gasteiger partial charge is 0.0735 e. The highest BCUT2D eigenvalue weighted by atomic mass is 35.5. The lowest BCUT2D eigenvalue weighted by atomic mass is 10.2. The summed E-state index contributed by atoms with van der Waals surface area (Å²) in [6, 6.07) is 3.99. The Bertz CT molecular complexity index is 169. The van der Waals surface area contributed by atoms with Gasteiger partial charge in [-0.3, -0.25) is 0 Å². The van der Waals surface area contributed by atoms with Crippen molar-refractivity contribution in [1.82, 2.24) is 4.98 Å². The molecule has 0 radical (unpaired) electrons. The van der Waals surface area contributed by atoms with Crippen LogP contribution in [0.25, 0.3) is 0 Å². The number of halogens is 1. The minimum Gasteiger partial charge on any atom is -0.364 e. The van der Waals surface area contributed by atoms with E-state index >= 15 is 0 Å². The van der Waals surface area contributed by atoms with Crippen LogP contribution >= 0.6 is 11.6 Å². The summed E-state index contributed by atoms with van der Waals surface area (Å²) in [6.07, 6.45) is 4.08. The Morgan fingerprint density at radius 3 is 3.00 bits per heavy atom. The van der Waals surface area contributed by atoms with Crippen molar-refractivity contribution < 1.29 is 0 Å². The molecule has 1 unspecified atom stereocenters. The van der Waals surface area contributed by atoms with Gasteiger partial charge in [-0.15, -0.1) is 11.6 Å². The first-order chi connectivity index (χ1) is 4.84. The van der Waals surface area contributed by atoms with E-state index in [1.807, 2.05) is 18.3 Å². The Morgan fingerprint density at radius 2 is 2.50 bits per heavy atom. The van der Waals surface area contributed by atoms with Crippen molar-refractivity contribution >= 4 is 11.6 Å². The first-order valence-electron chi connectivity index (χ1n) is 3.62. The zero-order valence-corrected chi connectivity index (χ0v) is 6.86. The van der Waals surface area contributed by atoms with E-state index in [2.05, 4.69) is 11.9 Å². The average Bonchev–Trinajstić information content (AvgIpc) is 2.38. The van der Waals surface area contributed by atoms with Gasteiger partial charge < -0.3 is 4.98 Å². The largest absolute Gasteiger partial charge is 0.364 e. The van der Waals surface area contributed by atoms with Gasteiger partial charge in [0.15, 0.2) is 0 Å². The molecule has 0 bridgehead atoms. The van der Waals surface area contributed by atoms with Gasteiger partial charge in [-0.25, -0.2) is 0 Å². The van der Waals surface area contributed by atoms with E-state index in [-0.39, 0.29) is 5.38 Å². The summed E-state index contributed by atoms with van der Waals surface area (Å²) in [5.74, 6) is 0. The normalized spacial score (nSPS) is 13.4. The summed E-state index contributed by atoms with van der Waals surface area (Å²) in [6.45, 7) is 2.14. The molecule has 0 saturated heterocycles. The van der Waals surface area contributed by atoms with E-state index in [0.717, 1.165) is 18.5 Å². The molecule has 0 aliphatic heterocycles. The number of aromatic amines is 1. The quantitative estimate of drug-likeness (QED) is 0.649. The second kappa shape index (κ2) is 3.67. The van der Waals surface area contributed by atoms with Crippen molar-refractivity contribution in [2.45, 2.75) is 25.1 Å². The van der Waals surface area contributed by atoms with Crippen molar-refractivity contribution in [3.05, 3.63) is 24.0 Å². The van der Waals surface area contributed by atoms with Gasteiger partial charge >= 0.3 is 0 Å². The van der Waals surface area contributed by atoms with E-state index in [1.165, 1.54) is 0 Å². The lowest BCUT2D eigenvalue weighted by Gasteiger charge is -2.03. The van der Waals surface area contributed by atoms with Crippen LogP contribution in [-0.4, -0.2) is 4.98 Å². The van der Waals surface area contributed by atoms with Gasteiger partial charge in [-0.2, -0.15) is 0 Å². The molecule has 1 nitrogen and oxygen atoms in total. The minimum absolute atomic E-state index is 0.167. The van der Waals surface area contributed by atoms with Crippen LogP contribution in [0.15, 0.2) is 18.3 Å². The molecule has 1 N–H and O–H groups in total. The van der Waals surface area contributed by atoms with Gasteiger partial charge in [0.2, 0.25) is 0 Å². The monoisotopic (exact) mass is 157 g/mol. The van der Waals surface area contributed by atoms with E-state index in [0.29, 0.717) is 0 Å². The maximum absolute atomic E-state index is 6.02. The lowest BCUT2D eigenvalue weighted by molar-refractivity contribution is 0.756. The summed E-state index contributed by atoms with van der Waals surface area (Å²) < 4.78 is 0. The van der Waals surface area contributed by atoms with Gasteiger partial charge in [0.1, 0.15) is 0 Å². The Morgan fingerprint density at radius 1 is 1.70 bits per heavy atom. The lowest BCUT2D eigenvalue weighted by Crippen LogP contribution is -1.88. The van der Waals surface area contributed by atoms with E-state index in [9.17, 15) is 0 Å². The van der Waals surface area contributed by atoms with Crippen LogP contribution in [0.2, 0.25) is 0 Å². The molecule has 2 heteroatoms. The molecule has 1 rings (SSSR count). The number of alkyl halides is 1. The van der Waals surface area contributed by atoms with E-state index < -0.39 is 0 Å². The number of aromatic nitrogens is 1. The molecule has 0 spiro atoms. The third-order valence-electron chi connectivity index (χ3n) is 1.50. The predicted octanol–water partition coefficient (Wildman–Crippen LogP) is 3.09. The van der Waals surface area contributed by atoms with Crippen LogP contribution in [0.4, 0.5) is 0 Å². The highest BCUT2D eigenvalue weighted by molar-refractivity contribution is 6.20. The number of rotatable bonds is 3. The third-order valence-corrected chi connectivity index (χ3v) is 1.95. The zero-order chi connectivity index (χ0) is 7.40. The van der Waals surface area contributed by atoms with E-state index in [4.69, 9.17) is 11.6 Å². The molecule has 0 aliphatic carbocycles. The zero-order valence-electron chi connectivity index (χ0n) is 6.10. The van der Waals surface area contributed by atoms with Gasteiger partial charge in [-0.1, -0.05) is 13.3 Å². The summed E-state index contributed by atoms with van der Waals surface area (Å²) in [5, 5.41) is 0.167. The second-order valence-electron chi connectivity index (χ2n) is 2.38. The summed E-state index contributed by atoms with van der Waals surface area (Å²) in [4.78, 5) is 3.09. The predicted molar refractivity (Wildman–Crippen MR) is 44.3 cm³/mol. The Hall–Kier alpha value is -0.430. The van der Waals surface area contributed by atoms with Crippen LogP contribution in [0.3, 0.4) is 0 Å². The van der Waals surface area contributed by atoms with Crippen molar-refractivity contribution in [1.29, 1.82) is 0 Å². The van der Waals surface area contributed by atoms with Gasteiger partial charge in [0.05, 0.1) is 5.38 Å². The molecule has 1 atom stereocenters. The van der Waals surface area contributed by atoms with Crippen LogP contribution in [-0.2, 0) is 0 Å². The average molecular weight is 158 g/mol. The van der Waals surface area contributed by atoms with Crippen LogP contribution in [0, 0.1) is 0 Å². The molecule has 0 aliphatic rings. The molecule has 0 saturated carbocycles. The maximum Gasteiger partial charge on any atom is 0.0735 e. The van der Waals surface area contributed by atoms with Crippen molar-refractivity contribution in [3.63, 3.8) is 0 Å². The highest BCUT2D eigenvalue weighted by Crippen LogP contribution is 2.23. The summed E-state index contributed by atoms with van der Waals surface area (Å²) in [5.41, 5.74) is 1.13. The molecular formula is C8H12ClN. The number of nitrogens with one attached hydrogen (secondary N) is 1. The molecule has 0 amide bonds. The van der Waals surface area contributed by atoms with Gasteiger partial charge in [-0.05, 0) is 18.6 Å². The van der Waals surface area contributed by atoms with Crippen molar-refractivity contribution in [2.24, 2.45) is 0 Å². The summed E-state index contributed by atoms with van der Waals surface area (Å²) >= 11 is 6.02. The van der Waals surface area contributed by atoms with Crippen molar-refractivity contribution in [3.8, 4) is 0 Å². The number of H-pyrrole nitrogens is 1. The van der Waals surface area contributed by atoms with E-state index in [1.54, 1.807) is 0 Å². The molecule has 0 aromatic carbocycles. The molecule has 1 aromatic heterocycles. The fourth-order valence-corrected chi connectivity index (χ4v) is 1.30. The fraction of sp³-hybridized carbons (Fsp3) is 0.500. The fourth-order valence-electron chi connectivity index (χ4n) is 0.948. The van der Waals surface area contributed by atoms with Crippen LogP contribution in [0.1, 0.15) is 30.8 Å². The van der Waals surface area contributed by atoms with Crippen LogP contribution in [0.5, 0.6) is 0 Å². The first-order valence-corrected chi connectivity index (χ1v) is 4.05. The molecular weight excluding hydrogens is 146 g/mol. The maximum atomic E-state index is 6.02. The molecule has 56 valence electrons. The number of hydrogen-bond acceptors (Lipinski definition) is 0. The Balaban J connectivity index is 2.50. The van der Waals surface area contributed by atoms with Gasteiger partial charge in [0, 0.05) is 11.9 Å². The molecule has 1 aromatic rings. The van der Waals surface area contributed by atoms with Gasteiger partial charge in [0.25, 0.3) is 0 Å². The topological polar surface area (TPSA) is 15.8 Å². The Labute approximate surface area is 66.4 Å². The van der Waals surface area contributed by atoms with Crippen molar-refractivity contribution in [2.75, 3.05) is 0 Å². The molecule has 1 heterocycles. The first kappa shape index (κ1) is 7.67. The Kier molecular flexibility index (Phi) is 2.82. The number of hydrogen-bond donors (Lipinski definition) is 1.